The number of rotatable bonds is 8. The lowest BCUT2D eigenvalue weighted by atomic mass is 9.93. The summed E-state index contributed by atoms with van der Waals surface area (Å²) in [7, 11) is 5.08. The highest BCUT2D eigenvalue weighted by atomic mass is 35.5. The number of nitrogens with zero attached hydrogens (tertiary/aromatic N) is 1. The van der Waals surface area contributed by atoms with Gasteiger partial charge in [-0.3, -0.25) is 9.69 Å². The maximum Gasteiger partial charge on any atom is 0.238 e. The van der Waals surface area contributed by atoms with E-state index in [0.29, 0.717) is 28.8 Å². The van der Waals surface area contributed by atoms with E-state index < -0.39 is 0 Å². The molecule has 1 heterocycles. The van der Waals surface area contributed by atoms with Crippen LogP contribution < -0.4 is 20.1 Å². The normalized spacial score (nSPS) is 15.8. The molecule has 6 nitrogen and oxygen atoms in total. The number of carbonyl (C=O) groups is 1. The van der Waals surface area contributed by atoms with E-state index in [-0.39, 0.29) is 5.91 Å². The van der Waals surface area contributed by atoms with Gasteiger partial charge in [-0.15, -0.1) is 0 Å². The second-order valence-electron chi connectivity index (χ2n) is 6.35. The van der Waals surface area contributed by atoms with E-state index in [4.69, 9.17) is 21.1 Å². The summed E-state index contributed by atoms with van der Waals surface area (Å²) in [5.74, 6) is 1.74. The van der Waals surface area contributed by atoms with Gasteiger partial charge in [0.1, 0.15) is 11.5 Å². The number of benzene rings is 1. The summed E-state index contributed by atoms with van der Waals surface area (Å²) in [6, 6.07) is 3.33. The number of ether oxygens (including phenoxy) is 2. The third-order valence-corrected chi connectivity index (χ3v) is 4.92. The van der Waals surface area contributed by atoms with Crippen molar-refractivity contribution in [2.24, 2.45) is 5.92 Å². The fraction of sp³-hybridized carbons (Fsp3) is 0.611. The predicted molar refractivity (Wildman–Crippen MR) is 101 cm³/mol. The van der Waals surface area contributed by atoms with Crippen LogP contribution in [0.1, 0.15) is 19.3 Å². The van der Waals surface area contributed by atoms with Crippen molar-refractivity contribution in [3.63, 3.8) is 0 Å². The third-order valence-electron chi connectivity index (χ3n) is 4.62. The first kappa shape index (κ1) is 19.8. The first-order chi connectivity index (χ1) is 12.1. The van der Waals surface area contributed by atoms with Gasteiger partial charge in [-0.2, -0.15) is 0 Å². The van der Waals surface area contributed by atoms with Crippen LogP contribution >= 0.6 is 11.6 Å². The Morgan fingerprint density at radius 2 is 1.92 bits per heavy atom. The monoisotopic (exact) mass is 369 g/mol. The number of methoxy groups -OCH3 is 2. The van der Waals surface area contributed by atoms with Gasteiger partial charge in [-0.25, -0.2) is 0 Å². The van der Waals surface area contributed by atoms with Crippen molar-refractivity contribution in [1.82, 2.24) is 10.2 Å². The molecule has 2 rings (SSSR count). The molecule has 7 heteroatoms. The fourth-order valence-corrected chi connectivity index (χ4v) is 3.37. The predicted octanol–water partition coefficient (Wildman–Crippen LogP) is 2.62. The molecule has 0 atom stereocenters. The van der Waals surface area contributed by atoms with E-state index in [1.54, 1.807) is 26.4 Å². The van der Waals surface area contributed by atoms with Crippen LogP contribution in [0.2, 0.25) is 5.02 Å². The summed E-state index contributed by atoms with van der Waals surface area (Å²) in [4.78, 5) is 14.6. The molecule has 1 aliphatic rings. The fourth-order valence-electron chi connectivity index (χ4n) is 3.13. The van der Waals surface area contributed by atoms with Crippen molar-refractivity contribution in [1.29, 1.82) is 0 Å². The summed E-state index contributed by atoms with van der Waals surface area (Å²) in [6.45, 7) is 3.36. The molecule has 0 radical (unpaired) electrons. The zero-order chi connectivity index (χ0) is 18.2. The molecular weight excluding hydrogens is 342 g/mol. The number of carbonyl (C=O) groups excluding carboxylic acids is 1. The topological polar surface area (TPSA) is 62.8 Å². The van der Waals surface area contributed by atoms with Crippen LogP contribution in [0.5, 0.6) is 11.5 Å². The highest BCUT2D eigenvalue weighted by molar-refractivity contribution is 6.32. The summed E-state index contributed by atoms with van der Waals surface area (Å²) in [5, 5.41) is 6.52. The Morgan fingerprint density at radius 3 is 2.52 bits per heavy atom. The molecule has 0 unspecified atom stereocenters. The molecule has 25 heavy (non-hydrogen) atoms. The molecule has 1 aliphatic heterocycles. The number of piperidine rings is 1. The van der Waals surface area contributed by atoms with Crippen LogP contribution in [0, 0.1) is 5.92 Å². The van der Waals surface area contributed by atoms with Gasteiger partial charge >= 0.3 is 0 Å². The Morgan fingerprint density at radius 1 is 1.24 bits per heavy atom. The zero-order valence-electron chi connectivity index (χ0n) is 15.2. The van der Waals surface area contributed by atoms with Crippen LogP contribution in [0.3, 0.4) is 0 Å². The number of nitrogens with one attached hydrogen (secondary N) is 2. The number of hydrogen-bond donors (Lipinski definition) is 2. The highest BCUT2D eigenvalue weighted by Gasteiger charge is 2.21. The lowest BCUT2D eigenvalue weighted by Crippen LogP contribution is -2.39. The molecule has 1 amide bonds. The van der Waals surface area contributed by atoms with E-state index in [1.807, 2.05) is 7.05 Å². The maximum absolute atomic E-state index is 12.4. The minimum atomic E-state index is -0.0618. The Hall–Kier alpha value is -1.50. The molecule has 1 fully saturated rings. The molecule has 0 aliphatic carbocycles. The van der Waals surface area contributed by atoms with Gasteiger partial charge < -0.3 is 20.1 Å². The second-order valence-corrected chi connectivity index (χ2v) is 6.75. The number of likely N-dealkylation sites (tertiary alicyclic amines) is 1. The number of halogens is 1. The largest absolute Gasteiger partial charge is 0.495 e. The lowest BCUT2D eigenvalue weighted by molar-refractivity contribution is -0.117. The van der Waals surface area contributed by atoms with Gasteiger partial charge in [0.2, 0.25) is 5.91 Å². The van der Waals surface area contributed by atoms with Crippen molar-refractivity contribution in [3.05, 3.63) is 17.2 Å². The second kappa shape index (κ2) is 9.85. The third kappa shape index (κ3) is 5.76. The molecule has 0 spiro atoms. The van der Waals surface area contributed by atoms with Crippen molar-refractivity contribution >= 4 is 23.2 Å². The molecule has 1 aromatic rings. The van der Waals surface area contributed by atoms with Gasteiger partial charge in [-0.05, 0) is 57.9 Å². The van der Waals surface area contributed by atoms with E-state index in [1.165, 1.54) is 6.42 Å². The van der Waals surface area contributed by atoms with E-state index in [0.717, 1.165) is 38.4 Å². The SMILES string of the molecule is CNCCC1CCN(CC(=O)Nc2cc(Cl)c(OC)cc2OC)CC1. The average Bonchev–Trinajstić information content (AvgIpc) is 2.61. The van der Waals surface area contributed by atoms with Crippen molar-refractivity contribution in [3.8, 4) is 11.5 Å². The highest BCUT2D eigenvalue weighted by Crippen LogP contribution is 2.35. The van der Waals surface area contributed by atoms with E-state index >= 15 is 0 Å². The Bertz CT molecular complexity index is 575. The molecule has 2 N–H and O–H groups in total. The van der Waals surface area contributed by atoms with Crippen molar-refractivity contribution in [2.45, 2.75) is 19.3 Å². The minimum absolute atomic E-state index is 0.0618. The van der Waals surface area contributed by atoms with Crippen molar-refractivity contribution < 1.29 is 14.3 Å². The van der Waals surface area contributed by atoms with Gasteiger partial charge in [0.05, 0.1) is 31.5 Å². The summed E-state index contributed by atoms with van der Waals surface area (Å²) in [5.41, 5.74) is 0.558. The quantitative estimate of drug-likeness (QED) is 0.737. The van der Waals surface area contributed by atoms with Crippen LogP contribution in [0.4, 0.5) is 5.69 Å². The smallest absolute Gasteiger partial charge is 0.238 e. The Kier molecular flexibility index (Phi) is 7.81. The molecule has 1 aromatic carbocycles. The van der Waals surface area contributed by atoms with Gasteiger partial charge in [0, 0.05) is 6.07 Å². The molecule has 140 valence electrons. The number of hydrogen-bond acceptors (Lipinski definition) is 5. The lowest BCUT2D eigenvalue weighted by Gasteiger charge is -2.31. The molecule has 1 saturated heterocycles. The van der Waals surface area contributed by atoms with E-state index in [2.05, 4.69) is 15.5 Å². The summed E-state index contributed by atoms with van der Waals surface area (Å²) >= 11 is 6.14. The first-order valence-corrected chi connectivity index (χ1v) is 9.03. The van der Waals surface area contributed by atoms with Crippen LogP contribution in [0.25, 0.3) is 0 Å². The first-order valence-electron chi connectivity index (χ1n) is 8.65. The molecule has 0 bridgehead atoms. The van der Waals surface area contributed by atoms with Gasteiger partial charge in [0.15, 0.2) is 0 Å². The Labute approximate surface area is 154 Å². The van der Waals surface area contributed by atoms with Crippen molar-refractivity contribution in [2.75, 3.05) is 52.8 Å². The van der Waals surface area contributed by atoms with Crippen LogP contribution in [-0.4, -0.2) is 58.3 Å². The molecular formula is C18H28ClN3O3. The summed E-state index contributed by atoms with van der Waals surface area (Å²) in [6.07, 6.45) is 3.50. The number of amides is 1. The number of anilines is 1. The van der Waals surface area contributed by atoms with Crippen LogP contribution in [0.15, 0.2) is 12.1 Å². The molecule has 0 saturated carbocycles. The summed E-state index contributed by atoms with van der Waals surface area (Å²) < 4.78 is 10.5. The minimum Gasteiger partial charge on any atom is -0.495 e. The molecule has 0 aromatic heterocycles. The van der Waals surface area contributed by atoms with E-state index in [9.17, 15) is 4.79 Å². The zero-order valence-corrected chi connectivity index (χ0v) is 16.0. The standard InChI is InChI=1S/C18H28ClN3O3/c1-20-7-4-13-5-8-22(9-6-13)12-18(23)21-15-10-14(19)16(24-2)11-17(15)25-3/h10-11,13,20H,4-9,12H2,1-3H3,(H,21,23). The van der Waals surface area contributed by atoms with Gasteiger partial charge in [0.25, 0.3) is 0 Å². The van der Waals surface area contributed by atoms with Crippen LogP contribution in [-0.2, 0) is 4.79 Å². The Balaban J connectivity index is 1.88. The maximum atomic E-state index is 12.4. The average molecular weight is 370 g/mol. The van der Waals surface area contributed by atoms with Gasteiger partial charge in [-0.1, -0.05) is 11.6 Å².